The predicted octanol–water partition coefficient (Wildman–Crippen LogP) is 4.91. The average Bonchev–Trinajstić information content (AvgIpc) is 3.46. The van der Waals surface area contributed by atoms with E-state index in [1.807, 2.05) is 6.07 Å². The number of carboxylic acid groups (broad SMARTS) is 1. The van der Waals surface area contributed by atoms with E-state index in [2.05, 4.69) is 16.4 Å². The van der Waals surface area contributed by atoms with Crippen LogP contribution in [0.4, 0.5) is 19.0 Å². The van der Waals surface area contributed by atoms with E-state index in [-0.39, 0.29) is 62.5 Å². The molecule has 0 radical (unpaired) electrons. The fourth-order valence-corrected chi connectivity index (χ4v) is 6.54. The van der Waals surface area contributed by atoms with Crippen LogP contribution in [0.2, 0.25) is 0 Å². The summed E-state index contributed by atoms with van der Waals surface area (Å²) < 4.78 is 68.4. The van der Waals surface area contributed by atoms with Gasteiger partial charge in [-0.1, -0.05) is 12.1 Å². The summed E-state index contributed by atoms with van der Waals surface area (Å²) in [4.78, 5) is 19.0. The van der Waals surface area contributed by atoms with Crippen molar-refractivity contribution >= 4 is 11.8 Å². The lowest BCUT2D eigenvalue weighted by Crippen LogP contribution is -2.38. The van der Waals surface area contributed by atoms with Crippen molar-refractivity contribution in [2.24, 2.45) is 5.92 Å². The van der Waals surface area contributed by atoms with Crippen LogP contribution in [0, 0.1) is 11.7 Å². The molecule has 9 nitrogen and oxygen atoms in total. The van der Waals surface area contributed by atoms with E-state index >= 15 is 13.2 Å². The zero-order chi connectivity index (χ0) is 31.4. The summed E-state index contributed by atoms with van der Waals surface area (Å²) >= 11 is 0. The first-order chi connectivity index (χ1) is 21.8. The van der Waals surface area contributed by atoms with Gasteiger partial charge in [0.05, 0.1) is 39.6 Å². The summed E-state index contributed by atoms with van der Waals surface area (Å²) in [6.45, 7) is 2.48. The first-order valence-corrected chi connectivity index (χ1v) is 16.0. The van der Waals surface area contributed by atoms with Crippen LogP contribution in [0.1, 0.15) is 66.1 Å². The fourth-order valence-electron chi connectivity index (χ4n) is 6.54. The Hall–Kier alpha value is -2.77. The molecule has 0 aliphatic carbocycles. The van der Waals surface area contributed by atoms with Crippen LogP contribution in [0.3, 0.4) is 0 Å². The summed E-state index contributed by atoms with van der Waals surface area (Å²) in [5.74, 6) is -4.88. The number of ether oxygens (including phenoxy) is 4. The number of aryl methyl sites for hydroxylation is 2. The number of nitrogens with one attached hydrogen (secondary N) is 1. The van der Waals surface area contributed by atoms with Crippen LogP contribution in [0.15, 0.2) is 24.3 Å². The SMILES string of the molecule is O=C(O)C(c1c(COC2COC2)ccc(F)c1COC1COC1)N1CC[C@@H](C(F)(F)CCCCc2ccc3c(n2)NCCC3)C1. The van der Waals surface area contributed by atoms with E-state index in [0.29, 0.717) is 51.3 Å². The molecule has 246 valence electrons. The number of aromatic nitrogens is 1. The standard InChI is InChI=1S/C33H42F3N3O6/c34-28-9-7-22(15-44-25-16-42-17-25)29(27(28)20-45-26-18-43-19-26)30(32(40)41)39-13-10-23(14-39)33(35,36)11-2-1-5-24-8-6-21-4-3-12-37-31(21)38-24/h6-9,23,25-26,30H,1-5,10-20H2,(H,37,38)(H,40,41)/t23-,30?/m1/s1. The third-order valence-corrected chi connectivity index (χ3v) is 9.38. The number of likely N-dealkylation sites (tertiary alicyclic amines) is 1. The number of anilines is 1. The number of alkyl halides is 2. The minimum absolute atomic E-state index is 0.0511. The van der Waals surface area contributed by atoms with Gasteiger partial charge >= 0.3 is 5.97 Å². The lowest BCUT2D eigenvalue weighted by Gasteiger charge is -2.32. The van der Waals surface area contributed by atoms with E-state index in [1.165, 1.54) is 17.7 Å². The molecular weight excluding hydrogens is 591 g/mol. The van der Waals surface area contributed by atoms with E-state index < -0.39 is 29.7 Å². The Balaban J connectivity index is 1.12. The van der Waals surface area contributed by atoms with Crippen LogP contribution in [0.25, 0.3) is 0 Å². The maximum absolute atomic E-state index is 15.5. The molecule has 3 saturated heterocycles. The number of fused-ring (bicyclic) bond motifs is 1. The first kappa shape index (κ1) is 32.2. The number of hydrogen-bond acceptors (Lipinski definition) is 8. The summed E-state index contributed by atoms with van der Waals surface area (Å²) in [5.41, 5.74) is 2.92. The molecule has 5 heterocycles. The molecule has 12 heteroatoms. The molecule has 3 fully saturated rings. The minimum Gasteiger partial charge on any atom is -0.480 e. The highest BCUT2D eigenvalue weighted by atomic mass is 19.3. The number of carbonyl (C=O) groups is 1. The molecule has 4 aliphatic heterocycles. The monoisotopic (exact) mass is 633 g/mol. The van der Waals surface area contributed by atoms with E-state index in [9.17, 15) is 9.90 Å². The van der Waals surface area contributed by atoms with Gasteiger partial charge in [-0.15, -0.1) is 0 Å². The second-order valence-corrected chi connectivity index (χ2v) is 12.6. The summed E-state index contributed by atoms with van der Waals surface area (Å²) in [7, 11) is 0. The molecule has 1 aromatic heterocycles. The van der Waals surface area contributed by atoms with Crippen LogP contribution in [-0.4, -0.2) is 85.2 Å². The quantitative estimate of drug-likeness (QED) is 0.265. The molecule has 4 aliphatic rings. The third kappa shape index (κ3) is 7.62. The van der Waals surface area contributed by atoms with E-state index in [1.54, 1.807) is 4.90 Å². The van der Waals surface area contributed by atoms with Gasteiger partial charge in [-0.2, -0.15) is 0 Å². The van der Waals surface area contributed by atoms with Crippen molar-refractivity contribution in [2.45, 2.75) is 82.3 Å². The van der Waals surface area contributed by atoms with Gasteiger partial charge in [0.1, 0.15) is 29.9 Å². The van der Waals surface area contributed by atoms with Gasteiger partial charge in [0, 0.05) is 36.7 Å². The maximum atomic E-state index is 15.5. The van der Waals surface area contributed by atoms with E-state index in [0.717, 1.165) is 30.9 Å². The van der Waals surface area contributed by atoms with Gasteiger partial charge in [0.25, 0.3) is 5.92 Å². The van der Waals surface area contributed by atoms with Crippen molar-refractivity contribution in [2.75, 3.05) is 51.4 Å². The lowest BCUT2D eigenvalue weighted by atomic mass is 9.92. The van der Waals surface area contributed by atoms with Crippen molar-refractivity contribution in [1.29, 1.82) is 0 Å². The van der Waals surface area contributed by atoms with Crippen LogP contribution < -0.4 is 5.32 Å². The number of hydrogen-bond donors (Lipinski definition) is 2. The number of unbranched alkanes of at least 4 members (excludes halogenated alkanes) is 1. The molecule has 6 rings (SSSR count). The Morgan fingerprint density at radius 2 is 1.84 bits per heavy atom. The molecular formula is C33H42F3N3O6. The van der Waals surface area contributed by atoms with E-state index in [4.69, 9.17) is 18.9 Å². The van der Waals surface area contributed by atoms with Crippen molar-refractivity contribution in [3.05, 3.63) is 58.0 Å². The molecule has 1 aromatic carbocycles. The molecule has 0 bridgehead atoms. The number of carboxylic acids is 1. The predicted molar refractivity (Wildman–Crippen MR) is 159 cm³/mol. The second-order valence-electron chi connectivity index (χ2n) is 12.6. The normalized spacial score (nSPS) is 21.5. The molecule has 45 heavy (non-hydrogen) atoms. The summed E-state index contributed by atoms with van der Waals surface area (Å²) in [5, 5.41) is 13.8. The smallest absolute Gasteiger partial charge is 0.325 e. The Morgan fingerprint density at radius 3 is 2.56 bits per heavy atom. The highest BCUT2D eigenvalue weighted by Gasteiger charge is 2.46. The van der Waals surface area contributed by atoms with Gasteiger partial charge < -0.3 is 29.4 Å². The molecule has 1 unspecified atom stereocenters. The molecule has 2 aromatic rings. The minimum atomic E-state index is -2.96. The zero-order valence-electron chi connectivity index (χ0n) is 25.4. The Labute approximate surface area is 261 Å². The number of rotatable bonds is 15. The van der Waals surface area contributed by atoms with Gasteiger partial charge in [-0.05, 0) is 73.9 Å². The van der Waals surface area contributed by atoms with Crippen LogP contribution in [0.5, 0.6) is 0 Å². The third-order valence-electron chi connectivity index (χ3n) is 9.38. The Kier molecular flexibility index (Phi) is 10.3. The Morgan fingerprint density at radius 1 is 1.09 bits per heavy atom. The number of nitrogens with zero attached hydrogens (tertiary/aromatic N) is 2. The topological polar surface area (TPSA) is 102 Å². The van der Waals surface area contributed by atoms with Gasteiger partial charge in [0.15, 0.2) is 0 Å². The molecule has 0 amide bonds. The lowest BCUT2D eigenvalue weighted by molar-refractivity contribution is -0.144. The largest absolute Gasteiger partial charge is 0.480 e. The first-order valence-electron chi connectivity index (χ1n) is 16.0. The molecule has 2 atom stereocenters. The van der Waals surface area contributed by atoms with Crippen LogP contribution >= 0.6 is 0 Å². The van der Waals surface area contributed by atoms with Crippen molar-refractivity contribution in [3.8, 4) is 0 Å². The highest BCUT2D eigenvalue weighted by Crippen LogP contribution is 2.41. The average molecular weight is 634 g/mol. The fraction of sp³-hybridized carbons (Fsp3) is 0.636. The number of halogens is 3. The summed E-state index contributed by atoms with van der Waals surface area (Å²) in [6, 6.07) is 5.53. The zero-order valence-corrected chi connectivity index (χ0v) is 25.4. The molecule has 0 saturated carbocycles. The number of pyridine rings is 1. The Bertz CT molecular complexity index is 1340. The summed E-state index contributed by atoms with van der Waals surface area (Å²) in [6.07, 6.45) is 3.16. The van der Waals surface area contributed by atoms with Crippen molar-refractivity contribution < 1.29 is 42.0 Å². The maximum Gasteiger partial charge on any atom is 0.325 e. The van der Waals surface area contributed by atoms with Crippen molar-refractivity contribution in [1.82, 2.24) is 9.88 Å². The van der Waals surface area contributed by atoms with Gasteiger partial charge in [-0.25, -0.2) is 18.2 Å². The molecule has 0 spiro atoms. The number of benzene rings is 1. The number of aliphatic carboxylic acids is 1. The van der Waals surface area contributed by atoms with Crippen LogP contribution in [-0.2, 0) is 49.8 Å². The molecule has 2 N–H and O–H groups in total. The highest BCUT2D eigenvalue weighted by molar-refractivity contribution is 5.77. The van der Waals surface area contributed by atoms with Gasteiger partial charge in [-0.3, -0.25) is 9.69 Å². The second kappa shape index (κ2) is 14.3. The van der Waals surface area contributed by atoms with Gasteiger partial charge in [0.2, 0.25) is 0 Å². The van der Waals surface area contributed by atoms with Crippen molar-refractivity contribution in [3.63, 3.8) is 0 Å².